The molecule has 3 rings (SSSR count). The summed E-state index contributed by atoms with van der Waals surface area (Å²) in [5.74, 6) is -0.112. The third kappa shape index (κ3) is 9.37. The highest BCUT2D eigenvalue weighted by Crippen LogP contribution is 2.38. The van der Waals surface area contributed by atoms with E-state index in [-0.39, 0.29) is 17.7 Å². The summed E-state index contributed by atoms with van der Waals surface area (Å²) < 4.78 is 5.32. The molecule has 1 aromatic heterocycles. The second-order valence-corrected chi connectivity index (χ2v) is 11.9. The van der Waals surface area contributed by atoms with Crippen molar-refractivity contribution in [2.24, 2.45) is 5.92 Å². The average molecular weight is 548 g/mol. The van der Waals surface area contributed by atoms with Gasteiger partial charge in [-0.15, -0.1) is 11.3 Å². The monoisotopic (exact) mass is 547 g/mol. The van der Waals surface area contributed by atoms with Crippen molar-refractivity contribution >= 4 is 34.1 Å². The van der Waals surface area contributed by atoms with Crippen molar-refractivity contribution in [1.29, 1.82) is 0 Å². The van der Waals surface area contributed by atoms with Gasteiger partial charge in [0.05, 0.1) is 18.2 Å². The molecule has 1 aromatic rings. The number of esters is 1. The standard InChI is InChI=1S/C30H49N3O4S/c1-3-5-6-7-8-9-10-11-12-16-24(34)27(22-18-20-31-21-19-22)32-30(36)33-28-26(29(35)37-4-2)23-15-13-14-17-25(23)38-28/h22,27,31H,3-21H2,1-2H3,(H2,32,33,36). The predicted molar refractivity (Wildman–Crippen MR) is 155 cm³/mol. The van der Waals surface area contributed by atoms with Crippen LogP contribution in [0.4, 0.5) is 9.80 Å². The minimum atomic E-state index is -0.494. The number of anilines is 1. The van der Waals surface area contributed by atoms with Crippen LogP contribution in [0.25, 0.3) is 0 Å². The molecule has 1 saturated heterocycles. The number of unbranched alkanes of at least 4 members (excludes halogenated alkanes) is 8. The highest BCUT2D eigenvalue weighted by molar-refractivity contribution is 7.17. The number of Topliss-reactive ketones (excluding diaryl/α,β-unsaturated/α-hetero) is 1. The van der Waals surface area contributed by atoms with Crippen molar-refractivity contribution < 1.29 is 19.1 Å². The number of carbonyl (C=O) groups excluding carboxylic acids is 3. The number of thiophene rings is 1. The molecular weight excluding hydrogens is 498 g/mol. The number of rotatable bonds is 16. The van der Waals surface area contributed by atoms with Gasteiger partial charge in [0.15, 0.2) is 5.78 Å². The van der Waals surface area contributed by atoms with Crippen LogP contribution in [-0.4, -0.2) is 43.5 Å². The first-order valence-electron chi connectivity index (χ1n) is 15.2. The Kier molecular flexibility index (Phi) is 13.6. The second kappa shape index (κ2) is 16.9. The SMILES string of the molecule is CCCCCCCCCCCC(=O)C(NC(=O)Nc1sc2c(c1C(=O)OCC)CCCC2)C1CCNCC1. The Bertz CT molecular complexity index is 894. The lowest BCUT2D eigenvalue weighted by Crippen LogP contribution is -2.50. The molecule has 1 aliphatic carbocycles. The highest BCUT2D eigenvalue weighted by atomic mass is 32.1. The molecular formula is C30H49N3O4S. The molecule has 3 N–H and O–H groups in total. The van der Waals surface area contributed by atoms with Gasteiger partial charge in [-0.3, -0.25) is 10.1 Å². The number of urea groups is 1. The number of ether oxygens (including phenoxy) is 1. The molecule has 214 valence electrons. The molecule has 0 saturated carbocycles. The van der Waals surface area contributed by atoms with Crippen molar-refractivity contribution in [3.63, 3.8) is 0 Å². The second-order valence-electron chi connectivity index (χ2n) is 10.8. The van der Waals surface area contributed by atoms with Crippen LogP contribution in [0.2, 0.25) is 0 Å². The summed E-state index contributed by atoms with van der Waals surface area (Å²) in [4.78, 5) is 40.5. The van der Waals surface area contributed by atoms with Crippen molar-refractivity contribution in [3.05, 3.63) is 16.0 Å². The van der Waals surface area contributed by atoms with Crippen LogP contribution in [-0.2, 0) is 22.4 Å². The van der Waals surface area contributed by atoms with Crippen LogP contribution in [0, 0.1) is 5.92 Å². The van der Waals surface area contributed by atoms with Crippen LogP contribution in [0.3, 0.4) is 0 Å². The molecule has 1 fully saturated rings. The van der Waals surface area contributed by atoms with Crippen LogP contribution < -0.4 is 16.0 Å². The number of hydrogen-bond acceptors (Lipinski definition) is 6. The number of fused-ring (bicyclic) bond motifs is 1. The quantitative estimate of drug-likeness (QED) is 0.157. The number of carbonyl (C=O) groups is 3. The maximum absolute atomic E-state index is 13.3. The molecule has 0 spiro atoms. The summed E-state index contributed by atoms with van der Waals surface area (Å²) in [6.07, 6.45) is 17.0. The maximum atomic E-state index is 13.3. The van der Waals surface area contributed by atoms with Crippen molar-refractivity contribution in [2.75, 3.05) is 25.0 Å². The molecule has 38 heavy (non-hydrogen) atoms. The summed E-state index contributed by atoms with van der Waals surface area (Å²) >= 11 is 1.48. The summed E-state index contributed by atoms with van der Waals surface area (Å²) in [6.45, 7) is 6.04. The van der Waals surface area contributed by atoms with E-state index < -0.39 is 12.1 Å². The van der Waals surface area contributed by atoms with Gasteiger partial charge in [0.1, 0.15) is 5.00 Å². The van der Waals surface area contributed by atoms with Crippen LogP contribution >= 0.6 is 11.3 Å². The van der Waals surface area contributed by atoms with E-state index in [9.17, 15) is 14.4 Å². The number of aryl methyl sites for hydroxylation is 1. The number of ketones is 1. The van der Waals surface area contributed by atoms with Crippen LogP contribution in [0.5, 0.6) is 0 Å². The van der Waals surface area contributed by atoms with E-state index >= 15 is 0 Å². The van der Waals surface area contributed by atoms with Gasteiger partial charge >= 0.3 is 12.0 Å². The molecule has 1 aliphatic heterocycles. The van der Waals surface area contributed by atoms with E-state index in [2.05, 4.69) is 22.9 Å². The molecule has 1 unspecified atom stereocenters. The van der Waals surface area contributed by atoms with Crippen LogP contribution in [0.1, 0.15) is 125 Å². The van der Waals surface area contributed by atoms with E-state index in [0.717, 1.165) is 74.9 Å². The predicted octanol–water partition coefficient (Wildman–Crippen LogP) is 6.78. The minimum Gasteiger partial charge on any atom is -0.462 e. The average Bonchev–Trinajstić information content (AvgIpc) is 3.29. The minimum absolute atomic E-state index is 0.131. The van der Waals surface area contributed by atoms with Gasteiger partial charge in [0.2, 0.25) is 0 Å². The molecule has 0 radical (unpaired) electrons. The lowest BCUT2D eigenvalue weighted by molar-refractivity contribution is -0.122. The molecule has 1 atom stereocenters. The van der Waals surface area contributed by atoms with Gasteiger partial charge in [-0.2, -0.15) is 0 Å². The first-order chi connectivity index (χ1) is 18.5. The summed E-state index contributed by atoms with van der Waals surface area (Å²) in [5.41, 5.74) is 1.52. The molecule has 2 amide bonds. The third-order valence-electron chi connectivity index (χ3n) is 7.89. The Morgan fingerprint density at radius 2 is 1.61 bits per heavy atom. The topological polar surface area (TPSA) is 96.5 Å². The highest BCUT2D eigenvalue weighted by Gasteiger charge is 2.32. The molecule has 8 heteroatoms. The molecule has 2 heterocycles. The lowest BCUT2D eigenvalue weighted by Gasteiger charge is -2.30. The van der Waals surface area contributed by atoms with Crippen molar-refractivity contribution in [3.8, 4) is 0 Å². The first kappa shape index (κ1) is 30.6. The summed E-state index contributed by atoms with van der Waals surface area (Å²) in [6, 6.07) is -0.898. The summed E-state index contributed by atoms with van der Waals surface area (Å²) in [5, 5.41) is 9.86. The molecule has 7 nitrogen and oxygen atoms in total. The van der Waals surface area contributed by atoms with Gasteiger partial charge < -0.3 is 15.4 Å². The fourth-order valence-electron chi connectivity index (χ4n) is 5.76. The Labute approximate surface area is 233 Å². The van der Waals surface area contributed by atoms with Gasteiger partial charge in [-0.1, -0.05) is 58.3 Å². The molecule has 0 bridgehead atoms. The van der Waals surface area contributed by atoms with E-state index in [4.69, 9.17) is 4.74 Å². The zero-order valence-electron chi connectivity index (χ0n) is 23.6. The van der Waals surface area contributed by atoms with Gasteiger partial charge in [0, 0.05) is 11.3 Å². The van der Waals surface area contributed by atoms with Gasteiger partial charge in [-0.25, -0.2) is 9.59 Å². The number of piperidine rings is 1. The Balaban J connectivity index is 1.57. The van der Waals surface area contributed by atoms with E-state index in [1.165, 1.54) is 56.3 Å². The fourth-order valence-corrected chi connectivity index (χ4v) is 7.03. The van der Waals surface area contributed by atoms with E-state index in [0.29, 0.717) is 23.6 Å². The zero-order valence-corrected chi connectivity index (χ0v) is 24.4. The van der Waals surface area contributed by atoms with E-state index in [1.807, 2.05) is 0 Å². The number of nitrogens with one attached hydrogen (secondary N) is 3. The van der Waals surface area contributed by atoms with Crippen molar-refractivity contribution in [1.82, 2.24) is 10.6 Å². The zero-order chi connectivity index (χ0) is 27.2. The van der Waals surface area contributed by atoms with Gasteiger partial charge in [0.25, 0.3) is 0 Å². The molecule has 0 aromatic carbocycles. The number of hydrogen-bond donors (Lipinski definition) is 3. The Morgan fingerprint density at radius 1 is 0.947 bits per heavy atom. The maximum Gasteiger partial charge on any atom is 0.341 e. The third-order valence-corrected chi connectivity index (χ3v) is 9.10. The normalized spacial score (nSPS) is 16.5. The van der Waals surface area contributed by atoms with Gasteiger partial charge in [-0.05, 0) is 76.4 Å². The molecule has 2 aliphatic rings. The first-order valence-corrected chi connectivity index (χ1v) is 16.0. The fraction of sp³-hybridized carbons (Fsp3) is 0.767. The largest absolute Gasteiger partial charge is 0.462 e. The van der Waals surface area contributed by atoms with Crippen LogP contribution in [0.15, 0.2) is 0 Å². The smallest absolute Gasteiger partial charge is 0.341 e. The summed E-state index contributed by atoms with van der Waals surface area (Å²) in [7, 11) is 0. The Morgan fingerprint density at radius 3 is 2.29 bits per heavy atom. The Hall–Kier alpha value is -1.93. The van der Waals surface area contributed by atoms with E-state index in [1.54, 1.807) is 6.92 Å². The lowest BCUT2D eigenvalue weighted by atomic mass is 9.86. The number of amides is 2. The van der Waals surface area contributed by atoms with Crippen molar-refractivity contribution in [2.45, 2.75) is 123 Å².